The predicted octanol–water partition coefficient (Wildman–Crippen LogP) is 2.66. The van der Waals surface area contributed by atoms with Gasteiger partial charge >= 0.3 is 18.2 Å². The van der Waals surface area contributed by atoms with Crippen molar-refractivity contribution in [1.29, 1.82) is 0 Å². The van der Waals surface area contributed by atoms with Gasteiger partial charge in [0.05, 0.1) is 12.0 Å². The van der Waals surface area contributed by atoms with Gasteiger partial charge in [0, 0.05) is 18.5 Å². The van der Waals surface area contributed by atoms with Crippen molar-refractivity contribution in [2.75, 3.05) is 19.7 Å². The van der Waals surface area contributed by atoms with Crippen LogP contribution in [0.5, 0.6) is 0 Å². The molecule has 9 nitrogen and oxygen atoms in total. The minimum Gasteiger partial charge on any atom is -0.481 e. The predicted molar refractivity (Wildman–Crippen MR) is 107 cm³/mol. The molecular weight excluding hydrogens is 380 g/mol. The summed E-state index contributed by atoms with van der Waals surface area (Å²) in [7, 11) is 0. The molecule has 0 spiro atoms. The lowest BCUT2D eigenvalue weighted by molar-refractivity contribution is -0.143. The molecule has 2 amide bonds. The molecule has 2 aliphatic carbocycles. The summed E-state index contributed by atoms with van der Waals surface area (Å²) in [6.07, 6.45) is 2.25. The number of nitrogens with one attached hydrogen (secondary N) is 2. The molecule has 0 radical (unpaired) electrons. The molecule has 0 aromatic rings. The van der Waals surface area contributed by atoms with Crippen molar-refractivity contribution < 1.29 is 34.1 Å². The summed E-state index contributed by atoms with van der Waals surface area (Å²) in [5, 5.41) is 23.0. The van der Waals surface area contributed by atoms with Crippen LogP contribution in [0.25, 0.3) is 0 Å². The molecule has 0 aliphatic heterocycles. The lowest BCUT2D eigenvalue weighted by Gasteiger charge is -2.21. The van der Waals surface area contributed by atoms with E-state index in [1.165, 1.54) is 0 Å². The van der Waals surface area contributed by atoms with Crippen LogP contribution in [0.15, 0.2) is 0 Å². The smallest absolute Gasteiger partial charge is 0.407 e. The average Bonchev–Trinajstić information content (AvgIpc) is 3.44. The zero-order valence-electron chi connectivity index (χ0n) is 18.4. The summed E-state index contributed by atoms with van der Waals surface area (Å²) in [4.78, 5) is 33.3. The zero-order valence-corrected chi connectivity index (χ0v) is 18.4. The first-order valence-corrected chi connectivity index (χ1v) is 9.90. The van der Waals surface area contributed by atoms with E-state index in [0.29, 0.717) is 19.4 Å². The van der Waals surface area contributed by atoms with Crippen molar-refractivity contribution in [3.63, 3.8) is 0 Å². The Kier molecular flexibility index (Phi) is 7.93. The Bertz CT molecular complexity index is 597. The number of carboxylic acid groups (broad SMARTS) is 1. The van der Waals surface area contributed by atoms with E-state index in [2.05, 4.69) is 10.6 Å². The second kappa shape index (κ2) is 9.19. The number of amides is 2. The maximum Gasteiger partial charge on any atom is 0.407 e. The fourth-order valence-electron chi connectivity index (χ4n) is 2.31. The van der Waals surface area contributed by atoms with Crippen molar-refractivity contribution in [3.05, 3.63) is 0 Å². The van der Waals surface area contributed by atoms with Crippen LogP contribution in [-0.4, -0.2) is 59.3 Å². The first kappa shape index (κ1) is 25.0. The average molecular weight is 417 g/mol. The molecule has 4 N–H and O–H groups in total. The van der Waals surface area contributed by atoms with Crippen LogP contribution in [0.2, 0.25) is 0 Å². The highest BCUT2D eigenvalue weighted by molar-refractivity contribution is 5.79. The number of carboxylic acids is 1. The molecule has 168 valence electrons. The molecule has 2 aliphatic rings. The summed E-state index contributed by atoms with van der Waals surface area (Å²) in [6, 6.07) is 0. The number of rotatable bonds is 6. The molecule has 0 aromatic carbocycles. The summed E-state index contributed by atoms with van der Waals surface area (Å²) < 4.78 is 10.1. The normalized spacial score (nSPS) is 18.4. The van der Waals surface area contributed by atoms with E-state index < -0.39 is 34.8 Å². The molecule has 0 aromatic heterocycles. The Labute approximate surface area is 172 Å². The third-order valence-corrected chi connectivity index (χ3v) is 4.58. The number of carbonyl (C=O) groups is 3. The minimum absolute atomic E-state index is 0.0586. The number of carbonyl (C=O) groups excluding carboxylic acids is 2. The standard InChI is InChI=1S/C10H17NO4.C10H19NO3/c1-9(2,3)15-8(14)11-6-10(4-5-10)7(12)13;1-9(2,3)14-8(13)11-6-10(7-12)4-5-10/h4-6H2,1-3H3,(H,11,14)(H,12,13);12H,4-7H2,1-3H3,(H,11,13). The third-order valence-electron chi connectivity index (χ3n) is 4.58. The van der Waals surface area contributed by atoms with Gasteiger partial charge in [0.2, 0.25) is 0 Å². The van der Waals surface area contributed by atoms with E-state index in [9.17, 15) is 14.4 Å². The van der Waals surface area contributed by atoms with Crippen LogP contribution in [0.4, 0.5) is 9.59 Å². The van der Waals surface area contributed by atoms with E-state index in [-0.39, 0.29) is 18.6 Å². The molecule has 29 heavy (non-hydrogen) atoms. The quantitative estimate of drug-likeness (QED) is 0.523. The van der Waals surface area contributed by atoms with Gasteiger partial charge in [0.1, 0.15) is 11.2 Å². The van der Waals surface area contributed by atoms with Gasteiger partial charge in [-0.3, -0.25) is 4.79 Å². The molecule has 0 atom stereocenters. The van der Waals surface area contributed by atoms with Gasteiger partial charge < -0.3 is 30.3 Å². The molecule has 9 heteroatoms. The minimum atomic E-state index is -0.849. The fraction of sp³-hybridized carbons (Fsp3) is 0.850. The Morgan fingerprint density at radius 3 is 1.52 bits per heavy atom. The van der Waals surface area contributed by atoms with Crippen molar-refractivity contribution in [2.45, 2.75) is 78.4 Å². The first-order chi connectivity index (χ1) is 13.1. The highest BCUT2D eigenvalue weighted by Crippen LogP contribution is 2.45. The van der Waals surface area contributed by atoms with Gasteiger partial charge in [-0.25, -0.2) is 9.59 Å². The van der Waals surface area contributed by atoms with Gasteiger partial charge in [-0.1, -0.05) is 0 Å². The van der Waals surface area contributed by atoms with Gasteiger partial charge in [-0.2, -0.15) is 0 Å². The van der Waals surface area contributed by atoms with Crippen LogP contribution in [0, 0.1) is 10.8 Å². The van der Waals surface area contributed by atoms with E-state index in [1.54, 1.807) is 20.8 Å². The van der Waals surface area contributed by atoms with E-state index >= 15 is 0 Å². The molecule has 2 saturated carbocycles. The number of aliphatic hydroxyl groups excluding tert-OH is 1. The van der Waals surface area contributed by atoms with Gasteiger partial charge in [0.25, 0.3) is 0 Å². The fourth-order valence-corrected chi connectivity index (χ4v) is 2.31. The summed E-state index contributed by atoms with van der Waals surface area (Å²) in [5.74, 6) is -0.849. The van der Waals surface area contributed by atoms with Gasteiger partial charge in [-0.15, -0.1) is 0 Å². The van der Waals surface area contributed by atoms with Crippen LogP contribution >= 0.6 is 0 Å². The monoisotopic (exact) mass is 416 g/mol. The summed E-state index contributed by atoms with van der Waals surface area (Å²) in [6.45, 7) is 11.6. The molecule has 0 bridgehead atoms. The van der Waals surface area contributed by atoms with Crippen LogP contribution in [0.3, 0.4) is 0 Å². The van der Waals surface area contributed by atoms with Crippen molar-refractivity contribution in [1.82, 2.24) is 10.6 Å². The highest BCUT2D eigenvalue weighted by atomic mass is 16.6. The first-order valence-electron chi connectivity index (χ1n) is 9.90. The number of ether oxygens (including phenoxy) is 2. The number of hydrogen-bond acceptors (Lipinski definition) is 6. The van der Waals surface area contributed by atoms with E-state index in [0.717, 1.165) is 12.8 Å². The summed E-state index contributed by atoms with van der Waals surface area (Å²) in [5.41, 5.74) is -1.81. The Hall–Kier alpha value is -2.03. The highest BCUT2D eigenvalue weighted by Gasteiger charge is 2.50. The summed E-state index contributed by atoms with van der Waals surface area (Å²) >= 11 is 0. The SMILES string of the molecule is CC(C)(C)OC(=O)NCC1(C(=O)O)CC1.CC(C)(C)OC(=O)NCC1(CO)CC1. The maximum atomic E-state index is 11.2. The Morgan fingerprint density at radius 1 is 0.828 bits per heavy atom. The van der Waals surface area contributed by atoms with Crippen LogP contribution < -0.4 is 10.6 Å². The topological polar surface area (TPSA) is 134 Å². The molecule has 0 heterocycles. The molecule has 0 saturated heterocycles. The molecular formula is C20H36N2O7. The largest absolute Gasteiger partial charge is 0.481 e. The van der Waals surface area contributed by atoms with Crippen LogP contribution in [-0.2, 0) is 14.3 Å². The number of aliphatic hydroxyl groups is 1. The maximum absolute atomic E-state index is 11.2. The Morgan fingerprint density at radius 2 is 1.24 bits per heavy atom. The number of aliphatic carboxylic acids is 1. The third kappa shape index (κ3) is 9.83. The van der Waals surface area contributed by atoms with Crippen LogP contribution in [0.1, 0.15) is 67.2 Å². The molecule has 2 rings (SSSR count). The van der Waals surface area contributed by atoms with E-state index in [4.69, 9.17) is 19.7 Å². The molecule has 2 fully saturated rings. The second-order valence-electron chi connectivity index (χ2n) is 9.95. The lowest BCUT2D eigenvalue weighted by Crippen LogP contribution is -2.38. The number of hydrogen-bond donors (Lipinski definition) is 4. The molecule has 0 unspecified atom stereocenters. The van der Waals surface area contributed by atoms with E-state index in [1.807, 2.05) is 20.8 Å². The number of alkyl carbamates (subject to hydrolysis) is 2. The lowest BCUT2D eigenvalue weighted by atomic mass is 10.1. The van der Waals surface area contributed by atoms with Crippen molar-refractivity contribution in [2.24, 2.45) is 10.8 Å². The van der Waals surface area contributed by atoms with Gasteiger partial charge in [-0.05, 0) is 67.2 Å². The van der Waals surface area contributed by atoms with Crippen molar-refractivity contribution >= 4 is 18.2 Å². The van der Waals surface area contributed by atoms with Gasteiger partial charge in [0.15, 0.2) is 0 Å². The Balaban J connectivity index is 0.000000291. The second-order valence-corrected chi connectivity index (χ2v) is 9.95. The zero-order chi connectivity index (χ0) is 22.5. The van der Waals surface area contributed by atoms with Crippen molar-refractivity contribution in [3.8, 4) is 0 Å².